The van der Waals surface area contributed by atoms with Crippen LogP contribution in [0.3, 0.4) is 0 Å². The highest BCUT2D eigenvalue weighted by molar-refractivity contribution is 9.10. The lowest BCUT2D eigenvalue weighted by Crippen LogP contribution is -2.24. The number of hydrogen-bond acceptors (Lipinski definition) is 3. The second kappa shape index (κ2) is 6.31. The highest BCUT2D eigenvalue weighted by atomic mass is 79.9. The highest BCUT2D eigenvalue weighted by Gasteiger charge is 2.32. The fourth-order valence-corrected chi connectivity index (χ4v) is 2.18. The molecule has 0 bridgehead atoms. The van der Waals surface area contributed by atoms with Gasteiger partial charge < -0.3 is 4.74 Å². The van der Waals surface area contributed by atoms with Crippen molar-refractivity contribution in [3.05, 3.63) is 50.6 Å². The van der Waals surface area contributed by atoms with Crippen LogP contribution in [0.25, 0.3) is 5.69 Å². The fraction of sp³-hybridized carbons (Fsp3) is 0.286. The molecule has 0 saturated heterocycles. The van der Waals surface area contributed by atoms with Crippen molar-refractivity contribution in [3.8, 4) is 11.4 Å². The molecule has 0 spiro atoms. The largest absolute Gasteiger partial charge is 0.490 e. The second-order valence-electron chi connectivity index (χ2n) is 4.89. The maximum Gasteiger partial charge on any atom is 0.418 e. The van der Waals surface area contributed by atoms with Crippen molar-refractivity contribution in [1.29, 1.82) is 0 Å². The van der Waals surface area contributed by atoms with Crippen LogP contribution >= 0.6 is 15.9 Å². The van der Waals surface area contributed by atoms with E-state index in [2.05, 4.69) is 21.0 Å². The Bertz CT molecular complexity index is 787. The minimum absolute atomic E-state index is 0.220. The molecule has 1 aromatic carbocycles. The van der Waals surface area contributed by atoms with Crippen molar-refractivity contribution in [3.63, 3.8) is 0 Å². The minimum Gasteiger partial charge on any atom is -0.490 e. The number of rotatable bonds is 3. The van der Waals surface area contributed by atoms with Gasteiger partial charge in [-0.25, -0.2) is 4.39 Å². The number of aromatic nitrogens is 2. The van der Waals surface area contributed by atoms with Crippen molar-refractivity contribution in [2.24, 2.45) is 0 Å². The zero-order valence-corrected chi connectivity index (χ0v) is 13.6. The maximum atomic E-state index is 14.1. The van der Waals surface area contributed by atoms with Crippen molar-refractivity contribution in [1.82, 2.24) is 9.78 Å². The zero-order valence-electron chi connectivity index (χ0n) is 12.0. The quantitative estimate of drug-likeness (QED) is 0.740. The fourth-order valence-electron chi connectivity index (χ4n) is 1.77. The molecule has 0 N–H and O–H groups in total. The summed E-state index contributed by atoms with van der Waals surface area (Å²) in [6.45, 7) is 3.50. The number of nitrogens with zero attached hydrogens (tertiary/aromatic N) is 2. The highest BCUT2D eigenvalue weighted by Crippen LogP contribution is 2.31. The molecule has 2 rings (SSSR count). The van der Waals surface area contributed by atoms with E-state index in [-0.39, 0.29) is 17.5 Å². The summed E-state index contributed by atoms with van der Waals surface area (Å²) in [5.74, 6) is -0.590. The van der Waals surface area contributed by atoms with Crippen LogP contribution in [0.1, 0.15) is 19.4 Å². The SMILES string of the molecule is CC(C)Oc1cc(-n2ncc(C(F)(F)F)cc2=O)c(F)cc1Br. The van der Waals surface area contributed by atoms with E-state index in [0.717, 1.165) is 6.07 Å². The Morgan fingerprint density at radius 2 is 1.91 bits per heavy atom. The average Bonchev–Trinajstić information content (AvgIpc) is 2.41. The minimum atomic E-state index is -4.70. The van der Waals surface area contributed by atoms with Crippen LogP contribution in [0.4, 0.5) is 17.6 Å². The number of halogens is 5. The van der Waals surface area contributed by atoms with Gasteiger partial charge in [0.05, 0.1) is 22.3 Å². The monoisotopic (exact) mass is 394 g/mol. The number of ether oxygens (including phenoxy) is 1. The second-order valence-corrected chi connectivity index (χ2v) is 5.75. The molecule has 0 saturated carbocycles. The Balaban J connectivity index is 2.56. The summed E-state index contributed by atoms with van der Waals surface area (Å²) < 4.78 is 58.0. The summed E-state index contributed by atoms with van der Waals surface area (Å²) in [5.41, 5.74) is -2.60. The smallest absolute Gasteiger partial charge is 0.418 e. The molecule has 0 fully saturated rings. The maximum absolute atomic E-state index is 14.1. The average molecular weight is 395 g/mol. The Hall–Kier alpha value is -1.90. The molecule has 0 aliphatic rings. The van der Waals surface area contributed by atoms with Crippen LogP contribution in [0.5, 0.6) is 5.75 Å². The van der Waals surface area contributed by atoms with Gasteiger partial charge in [0, 0.05) is 12.1 Å². The van der Waals surface area contributed by atoms with E-state index < -0.39 is 23.1 Å². The molecule has 2 aromatic rings. The summed E-state index contributed by atoms with van der Waals surface area (Å²) in [4.78, 5) is 11.8. The van der Waals surface area contributed by atoms with Gasteiger partial charge in [0.1, 0.15) is 17.3 Å². The van der Waals surface area contributed by atoms with Gasteiger partial charge in [0.15, 0.2) is 0 Å². The van der Waals surface area contributed by atoms with Crippen LogP contribution in [0.2, 0.25) is 0 Å². The number of alkyl halides is 3. The van der Waals surface area contributed by atoms with E-state index in [1.807, 2.05) is 0 Å². The third-order valence-electron chi connectivity index (χ3n) is 2.72. The molecular formula is C14H11BrF4N2O2. The lowest BCUT2D eigenvalue weighted by atomic mass is 10.2. The van der Waals surface area contributed by atoms with E-state index in [4.69, 9.17) is 4.74 Å². The normalized spacial score (nSPS) is 11.8. The molecule has 124 valence electrons. The lowest BCUT2D eigenvalue weighted by molar-refractivity contribution is -0.138. The molecular weight excluding hydrogens is 384 g/mol. The van der Waals surface area contributed by atoms with Gasteiger partial charge in [0.2, 0.25) is 0 Å². The van der Waals surface area contributed by atoms with Crippen LogP contribution in [0.15, 0.2) is 33.7 Å². The first-order valence-electron chi connectivity index (χ1n) is 6.42. The summed E-state index contributed by atoms with van der Waals surface area (Å²) in [7, 11) is 0. The van der Waals surface area contributed by atoms with Crippen LogP contribution < -0.4 is 10.3 Å². The first kappa shape index (κ1) is 17.5. The van der Waals surface area contributed by atoms with Gasteiger partial charge in [-0.05, 0) is 35.8 Å². The lowest BCUT2D eigenvalue weighted by Gasteiger charge is -2.14. The van der Waals surface area contributed by atoms with Crippen molar-refractivity contribution in [2.45, 2.75) is 26.1 Å². The third kappa shape index (κ3) is 3.90. The van der Waals surface area contributed by atoms with Gasteiger partial charge in [-0.3, -0.25) is 4.79 Å². The molecule has 0 radical (unpaired) electrons. The van der Waals surface area contributed by atoms with Crippen LogP contribution in [-0.4, -0.2) is 15.9 Å². The number of benzene rings is 1. The van der Waals surface area contributed by atoms with E-state index in [9.17, 15) is 22.4 Å². The first-order chi connectivity index (χ1) is 10.6. The Morgan fingerprint density at radius 1 is 1.26 bits per heavy atom. The summed E-state index contributed by atoms with van der Waals surface area (Å²) in [6.07, 6.45) is -4.46. The molecule has 0 aliphatic heterocycles. The van der Waals surface area contributed by atoms with Gasteiger partial charge in [-0.15, -0.1) is 0 Å². The third-order valence-corrected chi connectivity index (χ3v) is 3.34. The van der Waals surface area contributed by atoms with E-state index in [1.165, 1.54) is 6.07 Å². The van der Waals surface area contributed by atoms with Gasteiger partial charge in [-0.2, -0.15) is 23.0 Å². The molecule has 0 unspecified atom stereocenters. The first-order valence-corrected chi connectivity index (χ1v) is 7.21. The zero-order chi connectivity index (χ0) is 17.4. The van der Waals surface area contributed by atoms with Crippen molar-refractivity contribution >= 4 is 15.9 Å². The van der Waals surface area contributed by atoms with E-state index in [0.29, 0.717) is 21.4 Å². The summed E-state index contributed by atoms with van der Waals surface area (Å²) in [5, 5.41) is 3.40. The van der Waals surface area contributed by atoms with E-state index >= 15 is 0 Å². The van der Waals surface area contributed by atoms with E-state index in [1.54, 1.807) is 13.8 Å². The Morgan fingerprint density at radius 3 is 2.43 bits per heavy atom. The van der Waals surface area contributed by atoms with Gasteiger partial charge in [-0.1, -0.05) is 0 Å². The summed E-state index contributed by atoms with van der Waals surface area (Å²) in [6, 6.07) is 2.61. The van der Waals surface area contributed by atoms with Crippen LogP contribution in [0, 0.1) is 5.82 Å². The standard InChI is InChI=1S/C14H11BrF4N2O2/c1-7(2)23-12-5-11(10(16)4-9(12)15)21-13(22)3-8(6-20-21)14(17,18)19/h3-7H,1-2H3. The predicted octanol–water partition coefficient (Wildman–Crippen LogP) is 3.94. The van der Waals surface area contributed by atoms with Gasteiger partial charge >= 0.3 is 6.18 Å². The Labute approximate surface area is 136 Å². The molecule has 0 amide bonds. The molecule has 0 atom stereocenters. The number of hydrogen-bond donors (Lipinski definition) is 0. The topological polar surface area (TPSA) is 44.1 Å². The molecule has 1 aromatic heterocycles. The van der Waals surface area contributed by atoms with Crippen molar-refractivity contribution in [2.75, 3.05) is 0 Å². The molecule has 1 heterocycles. The molecule has 4 nitrogen and oxygen atoms in total. The Kier molecular flexibility index (Phi) is 4.79. The molecule has 0 aliphatic carbocycles. The molecule has 23 heavy (non-hydrogen) atoms. The predicted molar refractivity (Wildman–Crippen MR) is 78.3 cm³/mol. The summed E-state index contributed by atoms with van der Waals surface area (Å²) >= 11 is 3.12. The van der Waals surface area contributed by atoms with Crippen molar-refractivity contribution < 1.29 is 22.3 Å². The van der Waals surface area contributed by atoms with Gasteiger partial charge in [0.25, 0.3) is 5.56 Å². The molecule has 9 heteroatoms. The van der Waals surface area contributed by atoms with Crippen LogP contribution in [-0.2, 0) is 6.18 Å².